The van der Waals surface area contributed by atoms with Crippen LogP contribution >= 0.6 is 0 Å². The molecule has 12 heteroatoms. The lowest BCUT2D eigenvalue weighted by Crippen LogP contribution is -2.61. The highest BCUT2D eigenvalue weighted by Gasteiger charge is 2.81. The van der Waals surface area contributed by atoms with Crippen molar-refractivity contribution in [2.75, 3.05) is 13.2 Å². The van der Waals surface area contributed by atoms with Gasteiger partial charge in [0.1, 0.15) is 5.75 Å². The zero-order valence-electron chi connectivity index (χ0n) is 22.5. The van der Waals surface area contributed by atoms with Gasteiger partial charge in [-0.2, -0.15) is 39.5 Å². The van der Waals surface area contributed by atoms with E-state index in [1.165, 1.54) is 0 Å². The molecular weight excluding hydrogens is 531 g/mol. The quantitative estimate of drug-likeness (QED) is 0.188. The third-order valence-corrected chi connectivity index (χ3v) is 7.18. The topological polar surface area (TPSA) is 35.5 Å². The maximum atomic E-state index is 13.5. The van der Waals surface area contributed by atoms with Crippen molar-refractivity contribution in [3.63, 3.8) is 0 Å². The number of benzene rings is 1. The van der Waals surface area contributed by atoms with Crippen molar-refractivity contribution in [1.82, 2.24) is 0 Å². The molecule has 0 bridgehead atoms. The molecule has 38 heavy (non-hydrogen) atoms. The maximum absolute atomic E-state index is 13.5. The number of halogens is 9. The van der Waals surface area contributed by atoms with Gasteiger partial charge in [0.05, 0.1) is 13.0 Å². The molecule has 1 unspecified atom stereocenters. The van der Waals surface area contributed by atoms with Crippen LogP contribution in [0.1, 0.15) is 73.3 Å². The highest BCUT2D eigenvalue weighted by atomic mass is 19.4. The Labute approximate surface area is 217 Å². The highest BCUT2D eigenvalue weighted by Crippen LogP contribution is 2.54. The first-order valence-electron chi connectivity index (χ1n) is 11.9. The summed E-state index contributed by atoms with van der Waals surface area (Å²) in [6.45, 7) is 12.6. The minimum absolute atomic E-state index is 0.0599. The Balaban J connectivity index is 2.79. The van der Waals surface area contributed by atoms with E-state index < -0.39 is 49.5 Å². The largest absolute Gasteiger partial charge is 0.482 e. The molecule has 1 atom stereocenters. The average Bonchev–Trinajstić information content (AvgIpc) is 2.75. The van der Waals surface area contributed by atoms with Gasteiger partial charge in [0, 0.05) is 0 Å². The van der Waals surface area contributed by atoms with E-state index >= 15 is 0 Å². The molecule has 0 radical (unpaired) electrons. The molecule has 0 saturated carbocycles. The Hall–Kier alpha value is -2.14. The second-order valence-electron chi connectivity index (χ2n) is 11.4. The number of hydrogen-bond acceptors (Lipinski definition) is 3. The van der Waals surface area contributed by atoms with Gasteiger partial charge in [0.2, 0.25) is 0 Å². The molecule has 0 fully saturated rings. The lowest BCUT2D eigenvalue weighted by atomic mass is 9.57. The van der Waals surface area contributed by atoms with E-state index in [1.54, 1.807) is 12.1 Å². The third kappa shape index (κ3) is 7.28. The maximum Gasteiger partial charge on any atom is 0.460 e. The lowest BCUT2D eigenvalue weighted by Gasteiger charge is -2.47. The standard InChI is InChI=1S/C26H35F9O3/c1-8-21(5,6)16-22(7,20(2,3)4)17-9-11-18(12-10-17)38-15-19(36)37-14-13-23(27,28)24(29,30)25(31,32)26(33,34)35/h9-12H,8,13-16H2,1-7H3. The summed E-state index contributed by atoms with van der Waals surface area (Å²) in [7, 11) is 0. The van der Waals surface area contributed by atoms with Crippen LogP contribution in [0.2, 0.25) is 0 Å². The van der Waals surface area contributed by atoms with Gasteiger partial charge in [-0.15, -0.1) is 0 Å². The minimum atomic E-state index is -6.99. The second kappa shape index (κ2) is 11.2. The van der Waals surface area contributed by atoms with Crippen LogP contribution in [0.25, 0.3) is 0 Å². The number of esters is 1. The highest BCUT2D eigenvalue weighted by molar-refractivity contribution is 5.71. The van der Waals surface area contributed by atoms with Crippen LogP contribution < -0.4 is 4.74 Å². The van der Waals surface area contributed by atoms with Gasteiger partial charge in [-0.05, 0) is 40.4 Å². The van der Waals surface area contributed by atoms with Crippen molar-refractivity contribution in [2.45, 2.75) is 97.1 Å². The van der Waals surface area contributed by atoms with E-state index in [0.717, 1.165) is 18.4 Å². The molecule has 1 rings (SSSR count). The van der Waals surface area contributed by atoms with E-state index in [2.05, 4.69) is 53.2 Å². The summed E-state index contributed by atoms with van der Waals surface area (Å²) >= 11 is 0. The molecule has 3 nitrogen and oxygen atoms in total. The third-order valence-electron chi connectivity index (χ3n) is 7.18. The molecule has 0 aliphatic carbocycles. The summed E-state index contributed by atoms with van der Waals surface area (Å²) in [5.74, 6) is -20.7. The predicted octanol–water partition coefficient (Wildman–Crippen LogP) is 8.60. The van der Waals surface area contributed by atoms with Crippen LogP contribution in [0, 0.1) is 10.8 Å². The van der Waals surface area contributed by atoms with Crippen LogP contribution in [0.4, 0.5) is 39.5 Å². The van der Waals surface area contributed by atoms with E-state index in [-0.39, 0.29) is 22.0 Å². The summed E-state index contributed by atoms with van der Waals surface area (Å²) in [6.07, 6.45) is -7.32. The van der Waals surface area contributed by atoms with Crippen LogP contribution in [-0.4, -0.2) is 43.1 Å². The molecule has 0 aromatic heterocycles. The zero-order valence-corrected chi connectivity index (χ0v) is 22.5. The van der Waals surface area contributed by atoms with E-state index in [9.17, 15) is 44.3 Å². The number of ether oxygens (including phenoxy) is 2. The first kappa shape index (κ1) is 33.9. The summed E-state index contributed by atoms with van der Waals surface area (Å²) < 4.78 is 125. The molecule has 1 aromatic rings. The number of carbonyl (C=O) groups is 1. The van der Waals surface area contributed by atoms with E-state index in [1.807, 2.05) is 12.1 Å². The van der Waals surface area contributed by atoms with E-state index in [4.69, 9.17) is 4.74 Å². The van der Waals surface area contributed by atoms with Gasteiger partial charge in [0.15, 0.2) is 6.61 Å². The van der Waals surface area contributed by atoms with Crippen molar-refractivity contribution in [3.8, 4) is 5.75 Å². The van der Waals surface area contributed by atoms with Crippen LogP contribution in [0.5, 0.6) is 5.75 Å². The van der Waals surface area contributed by atoms with Gasteiger partial charge in [0.25, 0.3) is 0 Å². The molecule has 0 aliphatic heterocycles. The fourth-order valence-corrected chi connectivity index (χ4v) is 3.84. The van der Waals surface area contributed by atoms with Crippen LogP contribution in [0.3, 0.4) is 0 Å². The van der Waals surface area contributed by atoms with E-state index in [0.29, 0.717) is 0 Å². The van der Waals surface area contributed by atoms with Crippen molar-refractivity contribution in [2.24, 2.45) is 10.8 Å². The first-order valence-corrected chi connectivity index (χ1v) is 11.9. The first-order chi connectivity index (χ1) is 16.8. The van der Waals surface area contributed by atoms with Crippen molar-refractivity contribution in [3.05, 3.63) is 29.8 Å². The molecule has 0 heterocycles. The molecule has 1 aromatic carbocycles. The SMILES string of the molecule is CCC(C)(C)CC(C)(c1ccc(OCC(=O)OCCC(F)(F)C(F)(F)C(F)(F)C(F)(F)F)cc1)C(C)(C)C. The van der Waals surface area contributed by atoms with Gasteiger partial charge in [-0.3, -0.25) is 0 Å². The Morgan fingerprint density at radius 2 is 1.29 bits per heavy atom. The molecule has 0 saturated heterocycles. The molecular formula is C26H35F9O3. The average molecular weight is 567 g/mol. The summed E-state index contributed by atoms with van der Waals surface area (Å²) in [6, 6.07) is 6.81. The Kier molecular flexibility index (Phi) is 9.95. The smallest absolute Gasteiger partial charge is 0.460 e. The second-order valence-corrected chi connectivity index (χ2v) is 11.4. The number of rotatable bonds is 12. The summed E-state index contributed by atoms with van der Waals surface area (Å²) in [4.78, 5) is 11.7. The number of carbonyl (C=O) groups excluding carboxylic acids is 1. The molecule has 0 amide bonds. The lowest BCUT2D eigenvalue weighted by molar-refractivity contribution is -0.397. The van der Waals surface area contributed by atoms with Crippen LogP contribution in [-0.2, 0) is 14.9 Å². The number of alkyl halides is 9. The van der Waals surface area contributed by atoms with Crippen molar-refractivity contribution in [1.29, 1.82) is 0 Å². The molecule has 0 N–H and O–H groups in total. The van der Waals surface area contributed by atoms with Gasteiger partial charge in [-0.1, -0.05) is 67.0 Å². The normalized spacial score (nSPS) is 15.7. The minimum Gasteiger partial charge on any atom is -0.482 e. The van der Waals surface area contributed by atoms with Gasteiger partial charge >= 0.3 is 29.9 Å². The van der Waals surface area contributed by atoms with Gasteiger partial charge in [-0.25, -0.2) is 4.79 Å². The summed E-state index contributed by atoms with van der Waals surface area (Å²) in [5, 5.41) is 0. The van der Waals surface area contributed by atoms with Gasteiger partial charge < -0.3 is 9.47 Å². The fourth-order valence-electron chi connectivity index (χ4n) is 3.84. The predicted molar refractivity (Wildman–Crippen MR) is 124 cm³/mol. The Morgan fingerprint density at radius 3 is 1.71 bits per heavy atom. The molecule has 0 spiro atoms. The Morgan fingerprint density at radius 1 is 0.789 bits per heavy atom. The summed E-state index contributed by atoms with van der Waals surface area (Å²) in [5.41, 5.74) is 0.722. The Bertz CT molecular complexity index is 933. The zero-order chi connectivity index (χ0) is 30.0. The molecule has 220 valence electrons. The number of hydrogen-bond donors (Lipinski definition) is 0. The van der Waals surface area contributed by atoms with Crippen molar-refractivity contribution >= 4 is 5.97 Å². The molecule has 0 aliphatic rings. The van der Waals surface area contributed by atoms with Crippen LogP contribution in [0.15, 0.2) is 24.3 Å². The van der Waals surface area contributed by atoms with Crippen molar-refractivity contribution < 1.29 is 53.8 Å². The monoisotopic (exact) mass is 566 g/mol. The fraction of sp³-hybridized carbons (Fsp3) is 0.731.